The highest BCUT2D eigenvalue weighted by Gasteiger charge is 2.47. The largest absolute Gasteiger partial charge is 0.454 e. The molecule has 1 N–H and O–H groups in total. The van der Waals surface area contributed by atoms with E-state index in [2.05, 4.69) is 5.32 Å². The summed E-state index contributed by atoms with van der Waals surface area (Å²) < 4.78 is 10.8. The number of hydrogen-bond acceptors (Lipinski definition) is 5. The van der Waals surface area contributed by atoms with E-state index in [1.165, 1.54) is 0 Å². The number of para-hydroxylation sites is 1. The molecule has 2 aromatic carbocycles. The fourth-order valence-corrected chi connectivity index (χ4v) is 5.92. The maximum atomic E-state index is 13.3. The van der Waals surface area contributed by atoms with Crippen LogP contribution in [0.4, 0.5) is 10.5 Å². The van der Waals surface area contributed by atoms with Crippen molar-refractivity contribution >= 4 is 29.4 Å². The van der Waals surface area contributed by atoms with Gasteiger partial charge in [-0.15, -0.1) is 11.8 Å². The number of thioether (sulfide) groups is 1. The van der Waals surface area contributed by atoms with Crippen LogP contribution in [0.1, 0.15) is 28.8 Å². The minimum atomic E-state index is -0.257. The first-order chi connectivity index (χ1) is 15.1. The number of hydrogen-bond donors (Lipinski definition) is 1. The molecule has 2 aromatic rings. The number of carbonyl (C=O) groups excluding carboxylic acids is 2. The zero-order chi connectivity index (χ0) is 21.4. The van der Waals surface area contributed by atoms with E-state index in [1.807, 2.05) is 52.8 Å². The fraction of sp³-hybridized carbons (Fsp3) is 0.391. The second-order valence-corrected chi connectivity index (χ2v) is 9.51. The molecule has 7 nitrogen and oxygen atoms in total. The molecule has 0 atom stereocenters. The lowest BCUT2D eigenvalue weighted by Gasteiger charge is -2.44. The number of anilines is 1. The average Bonchev–Trinajstić information content (AvgIpc) is 3.42. The number of carbonyl (C=O) groups is 2. The average molecular weight is 440 g/mol. The number of piperidine rings is 1. The van der Waals surface area contributed by atoms with Gasteiger partial charge < -0.3 is 24.6 Å². The zero-order valence-corrected chi connectivity index (χ0v) is 18.2. The zero-order valence-electron chi connectivity index (χ0n) is 17.4. The third-order valence-corrected chi connectivity index (χ3v) is 7.81. The van der Waals surface area contributed by atoms with Gasteiger partial charge in [-0.1, -0.05) is 18.2 Å². The predicted molar refractivity (Wildman–Crippen MR) is 120 cm³/mol. The number of fused-ring (bicyclic) bond motifs is 1. The summed E-state index contributed by atoms with van der Waals surface area (Å²) in [4.78, 5) is 29.7. The summed E-state index contributed by atoms with van der Waals surface area (Å²) in [7, 11) is 0. The molecule has 8 heteroatoms. The Morgan fingerprint density at radius 1 is 1.03 bits per heavy atom. The Hall–Kier alpha value is -2.87. The maximum absolute atomic E-state index is 13.3. The van der Waals surface area contributed by atoms with E-state index in [0.29, 0.717) is 36.7 Å². The lowest BCUT2D eigenvalue weighted by Crippen LogP contribution is -2.54. The summed E-state index contributed by atoms with van der Waals surface area (Å²) >= 11 is 1.83. The van der Waals surface area contributed by atoms with E-state index < -0.39 is 0 Å². The van der Waals surface area contributed by atoms with E-state index in [0.717, 1.165) is 29.8 Å². The molecule has 31 heavy (non-hydrogen) atoms. The molecule has 2 saturated heterocycles. The van der Waals surface area contributed by atoms with Crippen LogP contribution in [0.3, 0.4) is 0 Å². The highest BCUT2D eigenvalue weighted by Crippen LogP contribution is 2.45. The van der Waals surface area contributed by atoms with Gasteiger partial charge in [0.15, 0.2) is 11.5 Å². The van der Waals surface area contributed by atoms with Crippen molar-refractivity contribution in [2.45, 2.75) is 24.6 Å². The number of amides is 3. The summed E-state index contributed by atoms with van der Waals surface area (Å²) in [5.41, 5.74) is 2.49. The molecule has 162 valence electrons. The lowest BCUT2D eigenvalue weighted by atomic mass is 10.0. The Morgan fingerprint density at radius 3 is 2.61 bits per heavy atom. The lowest BCUT2D eigenvalue weighted by molar-refractivity contribution is 0.0585. The van der Waals surface area contributed by atoms with Gasteiger partial charge in [0, 0.05) is 36.6 Å². The second kappa shape index (κ2) is 8.00. The Labute approximate surface area is 185 Å². The van der Waals surface area contributed by atoms with Crippen LogP contribution < -0.4 is 14.8 Å². The summed E-state index contributed by atoms with van der Waals surface area (Å²) in [6.45, 7) is 4.13. The Kier molecular flexibility index (Phi) is 5.17. The molecule has 3 amide bonds. The van der Waals surface area contributed by atoms with Gasteiger partial charge >= 0.3 is 6.03 Å². The van der Waals surface area contributed by atoms with Crippen LogP contribution in [-0.4, -0.2) is 58.8 Å². The minimum Gasteiger partial charge on any atom is -0.454 e. The number of urea groups is 1. The molecular formula is C23H25N3O4S. The van der Waals surface area contributed by atoms with E-state index in [4.69, 9.17) is 9.47 Å². The van der Waals surface area contributed by atoms with Crippen molar-refractivity contribution < 1.29 is 19.1 Å². The first-order valence-corrected chi connectivity index (χ1v) is 11.5. The van der Waals surface area contributed by atoms with Crippen LogP contribution >= 0.6 is 11.8 Å². The normalized spacial score (nSPS) is 19.0. The molecule has 0 saturated carbocycles. The summed E-state index contributed by atoms with van der Waals surface area (Å²) in [5, 5.41) is 3.02. The van der Waals surface area contributed by atoms with Gasteiger partial charge in [-0.2, -0.15) is 0 Å². The number of nitrogens with zero attached hydrogens (tertiary/aromatic N) is 2. The Bertz CT molecular complexity index is 1020. The smallest absolute Gasteiger partial charge is 0.321 e. The van der Waals surface area contributed by atoms with E-state index >= 15 is 0 Å². The van der Waals surface area contributed by atoms with E-state index in [1.54, 1.807) is 18.2 Å². The van der Waals surface area contributed by atoms with E-state index in [-0.39, 0.29) is 23.6 Å². The number of likely N-dealkylation sites (tertiary alicyclic amines) is 1. The van der Waals surface area contributed by atoms with Crippen LogP contribution in [0.25, 0.3) is 0 Å². The molecule has 0 aliphatic carbocycles. The molecule has 3 aliphatic rings. The standard InChI is InChI=1S/C23H25N3O4S/c1-16-4-2-3-5-18(16)24-22(28)25-10-8-23(9-11-25)26(12-13-31-23)21(27)17-6-7-19-20(14-17)30-15-29-19/h2-7,14H,8-13,15H2,1H3,(H,24,28). The first-order valence-electron chi connectivity index (χ1n) is 10.5. The highest BCUT2D eigenvalue weighted by atomic mass is 32.2. The molecule has 1 spiro atoms. The predicted octanol–water partition coefficient (Wildman–Crippen LogP) is 3.94. The molecule has 5 rings (SSSR count). The monoisotopic (exact) mass is 439 g/mol. The van der Waals surface area contributed by atoms with Crippen LogP contribution in [0.15, 0.2) is 42.5 Å². The number of ether oxygens (including phenoxy) is 2. The topological polar surface area (TPSA) is 71.1 Å². The van der Waals surface area contributed by atoms with Gasteiger partial charge in [0.05, 0.1) is 4.87 Å². The number of benzene rings is 2. The van der Waals surface area contributed by atoms with Crippen molar-refractivity contribution in [3.63, 3.8) is 0 Å². The summed E-state index contributed by atoms with van der Waals surface area (Å²) in [5.74, 6) is 2.22. The molecular weight excluding hydrogens is 414 g/mol. The van der Waals surface area contributed by atoms with Gasteiger partial charge in [-0.3, -0.25) is 4.79 Å². The third kappa shape index (κ3) is 3.69. The van der Waals surface area contributed by atoms with Gasteiger partial charge in [0.2, 0.25) is 6.79 Å². The van der Waals surface area contributed by atoms with Gasteiger partial charge in [0.1, 0.15) is 0 Å². The molecule has 0 unspecified atom stereocenters. The SMILES string of the molecule is Cc1ccccc1NC(=O)N1CCC2(CC1)SCCN2C(=O)c1ccc2c(c1)OCO2. The highest BCUT2D eigenvalue weighted by molar-refractivity contribution is 8.00. The number of rotatable bonds is 2. The maximum Gasteiger partial charge on any atom is 0.321 e. The van der Waals surface area contributed by atoms with Crippen LogP contribution in [0, 0.1) is 6.92 Å². The second-order valence-electron chi connectivity index (χ2n) is 8.05. The third-order valence-electron chi connectivity index (χ3n) is 6.26. The van der Waals surface area contributed by atoms with Gasteiger partial charge in [-0.25, -0.2) is 4.79 Å². The minimum absolute atomic E-state index is 0.0149. The Morgan fingerprint density at radius 2 is 1.81 bits per heavy atom. The summed E-state index contributed by atoms with van der Waals surface area (Å²) in [6, 6.07) is 13.1. The molecule has 3 aliphatic heterocycles. The van der Waals surface area contributed by atoms with E-state index in [9.17, 15) is 9.59 Å². The van der Waals surface area contributed by atoms with Crippen molar-refractivity contribution in [2.24, 2.45) is 0 Å². The Balaban J connectivity index is 1.26. The molecule has 2 fully saturated rings. The van der Waals surface area contributed by atoms with Crippen molar-refractivity contribution in [1.82, 2.24) is 9.80 Å². The number of nitrogens with one attached hydrogen (secondary N) is 1. The van der Waals surface area contributed by atoms with Gasteiger partial charge in [0.25, 0.3) is 5.91 Å². The first kappa shape index (κ1) is 20.1. The van der Waals surface area contributed by atoms with Crippen LogP contribution in [0.5, 0.6) is 11.5 Å². The van der Waals surface area contributed by atoms with Crippen LogP contribution in [-0.2, 0) is 0 Å². The quantitative estimate of drug-likeness (QED) is 0.768. The van der Waals surface area contributed by atoms with Crippen molar-refractivity contribution in [3.05, 3.63) is 53.6 Å². The summed E-state index contributed by atoms with van der Waals surface area (Å²) in [6.07, 6.45) is 1.52. The molecule has 0 bridgehead atoms. The molecule has 0 radical (unpaired) electrons. The van der Waals surface area contributed by atoms with Crippen molar-refractivity contribution in [1.29, 1.82) is 0 Å². The molecule has 0 aromatic heterocycles. The molecule has 3 heterocycles. The van der Waals surface area contributed by atoms with Gasteiger partial charge in [-0.05, 0) is 49.6 Å². The number of aryl methyl sites for hydroxylation is 1. The fourth-order valence-electron chi connectivity index (χ4n) is 4.46. The van der Waals surface area contributed by atoms with Crippen molar-refractivity contribution in [3.8, 4) is 11.5 Å². The van der Waals surface area contributed by atoms with Crippen molar-refractivity contribution in [2.75, 3.05) is 37.5 Å². The van der Waals surface area contributed by atoms with Crippen LogP contribution in [0.2, 0.25) is 0 Å².